The van der Waals surface area contributed by atoms with Crippen molar-refractivity contribution in [2.24, 2.45) is 0 Å². The highest BCUT2D eigenvalue weighted by Crippen LogP contribution is 2.08. The summed E-state index contributed by atoms with van der Waals surface area (Å²) in [6, 6.07) is 0. The number of carbonyl (C=O) groups is 1. The molecule has 1 heterocycles. The minimum Gasteiger partial charge on any atom is -0.392 e. The van der Waals surface area contributed by atoms with Crippen LogP contribution in [0, 0.1) is 0 Å². The Morgan fingerprint density at radius 1 is 1.71 bits per heavy atom. The Labute approximate surface area is 84.6 Å². The van der Waals surface area contributed by atoms with E-state index < -0.39 is 0 Å². The van der Waals surface area contributed by atoms with Gasteiger partial charge in [-0.15, -0.1) is 6.58 Å². The monoisotopic (exact) mass is 198 g/mol. The third kappa shape index (κ3) is 3.89. The second kappa shape index (κ2) is 5.78. The van der Waals surface area contributed by atoms with Gasteiger partial charge in [-0.1, -0.05) is 6.08 Å². The Morgan fingerprint density at radius 2 is 2.50 bits per heavy atom. The first-order valence-corrected chi connectivity index (χ1v) is 5.00. The van der Waals surface area contributed by atoms with E-state index in [1.165, 1.54) is 0 Å². The van der Waals surface area contributed by atoms with Crippen molar-refractivity contribution < 1.29 is 9.90 Å². The zero-order valence-corrected chi connectivity index (χ0v) is 8.41. The minimum atomic E-state index is -0.268. The summed E-state index contributed by atoms with van der Waals surface area (Å²) in [7, 11) is 0. The number of piperidine rings is 1. The van der Waals surface area contributed by atoms with E-state index in [2.05, 4.69) is 11.9 Å². The molecule has 1 amide bonds. The molecule has 0 aromatic carbocycles. The van der Waals surface area contributed by atoms with Crippen LogP contribution in [0.25, 0.3) is 0 Å². The van der Waals surface area contributed by atoms with Crippen LogP contribution in [0.3, 0.4) is 0 Å². The zero-order chi connectivity index (χ0) is 10.4. The SMILES string of the molecule is C=CCNC(=O)CN1CCC[C@H](O)C1. The lowest BCUT2D eigenvalue weighted by atomic mass is 10.1. The molecular weight excluding hydrogens is 180 g/mol. The minimum absolute atomic E-state index is 0.000926. The zero-order valence-electron chi connectivity index (χ0n) is 8.41. The molecule has 80 valence electrons. The summed E-state index contributed by atoms with van der Waals surface area (Å²) in [5.41, 5.74) is 0. The largest absolute Gasteiger partial charge is 0.392 e. The van der Waals surface area contributed by atoms with Gasteiger partial charge in [0, 0.05) is 13.1 Å². The summed E-state index contributed by atoms with van der Waals surface area (Å²) in [6.45, 7) is 5.93. The highest BCUT2D eigenvalue weighted by Gasteiger charge is 2.19. The van der Waals surface area contributed by atoms with Crippen LogP contribution in [-0.4, -0.2) is 48.2 Å². The smallest absolute Gasteiger partial charge is 0.234 e. The van der Waals surface area contributed by atoms with Gasteiger partial charge in [0.15, 0.2) is 0 Å². The van der Waals surface area contributed by atoms with Gasteiger partial charge in [-0.05, 0) is 19.4 Å². The molecule has 4 nitrogen and oxygen atoms in total. The molecule has 0 saturated carbocycles. The van der Waals surface area contributed by atoms with E-state index in [0.717, 1.165) is 19.4 Å². The van der Waals surface area contributed by atoms with Gasteiger partial charge in [-0.2, -0.15) is 0 Å². The average molecular weight is 198 g/mol. The lowest BCUT2D eigenvalue weighted by molar-refractivity contribution is -0.122. The van der Waals surface area contributed by atoms with Crippen LogP contribution >= 0.6 is 0 Å². The van der Waals surface area contributed by atoms with Crippen molar-refractivity contribution in [1.82, 2.24) is 10.2 Å². The lowest BCUT2D eigenvalue weighted by Crippen LogP contribution is -2.44. The van der Waals surface area contributed by atoms with Crippen LogP contribution in [0.15, 0.2) is 12.7 Å². The number of aliphatic hydroxyl groups excluding tert-OH is 1. The second-order valence-electron chi connectivity index (χ2n) is 3.62. The Balaban J connectivity index is 2.21. The third-order valence-corrected chi connectivity index (χ3v) is 2.29. The van der Waals surface area contributed by atoms with Crippen molar-refractivity contribution in [2.45, 2.75) is 18.9 Å². The summed E-state index contributed by atoms with van der Waals surface area (Å²) < 4.78 is 0. The van der Waals surface area contributed by atoms with Gasteiger partial charge in [0.05, 0.1) is 12.6 Å². The lowest BCUT2D eigenvalue weighted by Gasteiger charge is -2.29. The van der Waals surface area contributed by atoms with Crippen LogP contribution in [0.2, 0.25) is 0 Å². The van der Waals surface area contributed by atoms with E-state index in [0.29, 0.717) is 19.6 Å². The van der Waals surface area contributed by atoms with E-state index in [1.54, 1.807) is 6.08 Å². The van der Waals surface area contributed by atoms with Gasteiger partial charge in [0.1, 0.15) is 0 Å². The summed E-state index contributed by atoms with van der Waals surface area (Å²) in [5, 5.41) is 12.1. The number of nitrogens with zero attached hydrogens (tertiary/aromatic N) is 1. The first kappa shape index (κ1) is 11.2. The van der Waals surface area contributed by atoms with Gasteiger partial charge >= 0.3 is 0 Å². The summed E-state index contributed by atoms with van der Waals surface area (Å²) in [5.74, 6) is -0.000926. The fourth-order valence-corrected chi connectivity index (χ4v) is 1.62. The predicted molar refractivity (Wildman–Crippen MR) is 54.9 cm³/mol. The van der Waals surface area contributed by atoms with Gasteiger partial charge in [-0.25, -0.2) is 0 Å². The molecule has 2 N–H and O–H groups in total. The predicted octanol–water partition coefficient (Wildman–Crippen LogP) is -0.255. The van der Waals surface area contributed by atoms with Gasteiger partial charge in [0.25, 0.3) is 0 Å². The molecule has 0 spiro atoms. The number of aliphatic hydroxyl groups is 1. The maximum absolute atomic E-state index is 11.3. The van der Waals surface area contributed by atoms with E-state index in [-0.39, 0.29) is 12.0 Å². The molecule has 14 heavy (non-hydrogen) atoms. The highest BCUT2D eigenvalue weighted by molar-refractivity contribution is 5.78. The maximum atomic E-state index is 11.3. The molecule has 0 radical (unpaired) electrons. The van der Waals surface area contributed by atoms with Crippen LogP contribution in [0.4, 0.5) is 0 Å². The highest BCUT2D eigenvalue weighted by atomic mass is 16.3. The van der Waals surface area contributed by atoms with E-state index >= 15 is 0 Å². The molecule has 1 aliphatic rings. The number of hydrogen-bond acceptors (Lipinski definition) is 3. The van der Waals surface area contributed by atoms with Crippen LogP contribution in [-0.2, 0) is 4.79 Å². The number of likely N-dealkylation sites (tertiary alicyclic amines) is 1. The Kier molecular flexibility index (Phi) is 4.62. The van der Waals surface area contributed by atoms with E-state index in [9.17, 15) is 9.90 Å². The normalized spacial score (nSPS) is 23.1. The maximum Gasteiger partial charge on any atom is 0.234 e. The standard InChI is InChI=1S/C10H18N2O2/c1-2-5-11-10(14)8-12-6-3-4-9(13)7-12/h2,9,13H,1,3-8H2,(H,11,14)/t9-/m0/s1. The molecule has 0 aliphatic carbocycles. The summed E-state index contributed by atoms with van der Waals surface area (Å²) in [4.78, 5) is 13.3. The molecule has 0 aromatic heterocycles. The summed E-state index contributed by atoms with van der Waals surface area (Å²) in [6.07, 6.45) is 3.21. The molecule has 1 rings (SSSR count). The van der Waals surface area contributed by atoms with Gasteiger partial charge in [-0.3, -0.25) is 9.69 Å². The van der Waals surface area contributed by atoms with Crippen LogP contribution in [0.1, 0.15) is 12.8 Å². The third-order valence-electron chi connectivity index (χ3n) is 2.29. The molecule has 1 fully saturated rings. The van der Waals surface area contributed by atoms with E-state index in [4.69, 9.17) is 0 Å². The molecular formula is C10H18N2O2. The second-order valence-corrected chi connectivity index (χ2v) is 3.62. The quantitative estimate of drug-likeness (QED) is 0.612. The first-order chi connectivity index (χ1) is 6.72. The molecule has 0 bridgehead atoms. The Hall–Kier alpha value is -0.870. The Bertz CT molecular complexity index is 206. The van der Waals surface area contributed by atoms with Gasteiger partial charge < -0.3 is 10.4 Å². The summed E-state index contributed by atoms with van der Waals surface area (Å²) >= 11 is 0. The molecule has 1 atom stereocenters. The average Bonchev–Trinajstić information content (AvgIpc) is 2.15. The van der Waals surface area contributed by atoms with Crippen molar-refractivity contribution >= 4 is 5.91 Å². The van der Waals surface area contributed by atoms with Crippen LogP contribution < -0.4 is 5.32 Å². The molecule has 0 aromatic rings. The number of hydrogen-bond donors (Lipinski definition) is 2. The van der Waals surface area contributed by atoms with Crippen molar-refractivity contribution in [3.8, 4) is 0 Å². The van der Waals surface area contributed by atoms with Crippen LogP contribution in [0.5, 0.6) is 0 Å². The molecule has 0 unspecified atom stereocenters. The van der Waals surface area contributed by atoms with E-state index in [1.807, 2.05) is 4.90 Å². The first-order valence-electron chi connectivity index (χ1n) is 5.00. The number of β-amino-alcohol motifs (C(OH)–C–C–N with tert-alkyl or cyclic N) is 1. The number of amides is 1. The topological polar surface area (TPSA) is 52.6 Å². The number of rotatable bonds is 4. The molecule has 4 heteroatoms. The molecule has 1 saturated heterocycles. The fraction of sp³-hybridized carbons (Fsp3) is 0.700. The van der Waals surface area contributed by atoms with Gasteiger partial charge in [0.2, 0.25) is 5.91 Å². The Morgan fingerprint density at radius 3 is 3.14 bits per heavy atom. The van der Waals surface area contributed by atoms with Crippen molar-refractivity contribution in [2.75, 3.05) is 26.2 Å². The van der Waals surface area contributed by atoms with Crippen molar-refractivity contribution in [3.05, 3.63) is 12.7 Å². The van der Waals surface area contributed by atoms with Crippen molar-refractivity contribution in [3.63, 3.8) is 0 Å². The number of carbonyl (C=O) groups excluding carboxylic acids is 1. The fourth-order valence-electron chi connectivity index (χ4n) is 1.62. The molecule has 1 aliphatic heterocycles. The van der Waals surface area contributed by atoms with Crippen molar-refractivity contribution in [1.29, 1.82) is 0 Å². The number of nitrogens with one attached hydrogen (secondary N) is 1.